The van der Waals surface area contributed by atoms with E-state index in [9.17, 15) is 0 Å². The Kier molecular flexibility index (Phi) is 4.27. The average Bonchev–Trinajstić information content (AvgIpc) is 3.18. The summed E-state index contributed by atoms with van der Waals surface area (Å²) < 4.78 is 6.10. The zero-order valence-electron chi connectivity index (χ0n) is 14.9. The molecule has 4 nitrogen and oxygen atoms in total. The highest BCUT2D eigenvalue weighted by Gasteiger charge is 2.25. The number of nitrogens with zero attached hydrogens (tertiary/aromatic N) is 2. The predicted molar refractivity (Wildman–Crippen MR) is 104 cm³/mol. The minimum Gasteiger partial charge on any atom is -0.363 e. The van der Waals surface area contributed by atoms with Gasteiger partial charge in [-0.2, -0.15) is 0 Å². The van der Waals surface area contributed by atoms with Gasteiger partial charge < -0.3 is 9.72 Å². The van der Waals surface area contributed by atoms with E-state index < -0.39 is 5.60 Å². The summed E-state index contributed by atoms with van der Waals surface area (Å²) in [6, 6.07) is 18.7. The Morgan fingerprint density at radius 2 is 1.73 bits per heavy atom. The molecule has 0 amide bonds. The van der Waals surface area contributed by atoms with Crippen molar-refractivity contribution in [2.45, 2.75) is 26.1 Å². The van der Waals surface area contributed by atoms with Gasteiger partial charge in [0, 0.05) is 18.0 Å². The van der Waals surface area contributed by atoms with Gasteiger partial charge in [-0.15, -0.1) is 0 Å². The van der Waals surface area contributed by atoms with Crippen molar-refractivity contribution in [2.75, 3.05) is 0 Å². The van der Waals surface area contributed by atoms with Crippen LogP contribution in [0.25, 0.3) is 22.0 Å². The maximum atomic E-state index is 6.10. The Morgan fingerprint density at radius 3 is 2.54 bits per heavy atom. The quantitative estimate of drug-likeness (QED) is 0.550. The second-order valence-electron chi connectivity index (χ2n) is 6.86. The van der Waals surface area contributed by atoms with Crippen LogP contribution in [0.5, 0.6) is 0 Å². The van der Waals surface area contributed by atoms with Gasteiger partial charge in [0.1, 0.15) is 11.4 Å². The second kappa shape index (κ2) is 6.73. The number of hydrogen-bond donors (Lipinski definition) is 1. The van der Waals surface area contributed by atoms with Crippen molar-refractivity contribution in [1.82, 2.24) is 15.0 Å². The third kappa shape index (κ3) is 3.37. The van der Waals surface area contributed by atoms with E-state index in [1.807, 2.05) is 32.2 Å². The molecule has 26 heavy (non-hydrogen) atoms. The van der Waals surface area contributed by atoms with Gasteiger partial charge >= 0.3 is 0 Å². The number of rotatable bonds is 5. The van der Waals surface area contributed by atoms with Crippen LogP contribution in [0, 0.1) is 0 Å². The predicted octanol–water partition coefficient (Wildman–Crippen LogP) is 5.08. The van der Waals surface area contributed by atoms with E-state index >= 15 is 0 Å². The van der Waals surface area contributed by atoms with Crippen molar-refractivity contribution in [3.63, 3.8) is 0 Å². The van der Waals surface area contributed by atoms with Crippen LogP contribution in [0.3, 0.4) is 0 Å². The number of hydrogen-bond acceptors (Lipinski definition) is 3. The third-order valence-electron chi connectivity index (χ3n) is 4.56. The lowest BCUT2D eigenvalue weighted by Crippen LogP contribution is -2.23. The van der Waals surface area contributed by atoms with E-state index in [-0.39, 0.29) is 0 Å². The number of ether oxygens (including phenoxy) is 1. The summed E-state index contributed by atoms with van der Waals surface area (Å²) in [6.45, 7) is 4.57. The van der Waals surface area contributed by atoms with Crippen molar-refractivity contribution < 1.29 is 4.74 Å². The largest absolute Gasteiger partial charge is 0.363 e. The molecule has 2 heterocycles. The number of imidazole rings is 1. The number of aromatic amines is 1. The molecule has 0 aliphatic rings. The molecule has 4 rings (SSSR count). The van der Waals surface area contributed by atoms with Crippen LogP contribution >= 0.6 is 0 Å². The number of aromatic nitrogens is 3. The number of nitrogens with one attached hydrogen (secondary N) is 1. The molecule has 2 aromatic carbocycles. The standard InChI is InChI=1S/C22H21N3O/c1-22(2,26-15-16-9-11-23-12-10-16)21-24-14-20(25-21)19-8-7-17-5-3-4-6-18(17)13-19/h3-14H,15H2,1-2H3,(H,24,25). The first kappa shape index (κ1) is 16.5. The first-order valence-corrected chi connectivity index (χ1v) is 8.69. The fourth-order valence-corrected chi connectivity index (χ4v) is 2.94. The first-order chi connectivity index (χ1) is 12.6. The van der Waals surface area contributed by atoms with Gasteiger partial charge in [-0.25, -0.2) is 4.98 Å². The van der Waals surface area contributed by atoms with Crippen LogP contribution < -0.4 is 0 Å². The van der Waals surface area contributed by atoms with Crippen molar-refractivity contribution in [2.24, 2.45) is 0 Å². The zero-order valence-corrected chi connectivity index (χ0v) is 14.9. The van der Waals surface area contributed by atoms with Gasteiger partial charge in [0.2, 0.25) is 0 Å². The first-order valence-electron chi connectivity index (χ1n) is 8.69. The Morgan fingerprint density at radius 1 is 0.962 bits per heavy atom. The Bertz CT molecular complexity index is 1020. The van der Waals surface area contributed by atoms with Crippen LogP contribution in [-0.2, 0) is 16.9 Å². The molecule has 2 aromatic heterocycles. The normalized spacial score (nSPS) is 11.8. The van der Waals surface area contributed by atoms with Gasteiger partial charge in [0.15, 0.2) is 0 Å². The molecule has 0 radical (unpaired) electrons. The summed E-state index contributed by atoms with van der Waals surface area (Å²) >= 11 is 0. The number of benzene rings is 2. The highest BCUT2D eigenvalue weighted by Crippen LogP contribution is 2.28. The third-order valence-corrected chi connectivity index (χ3v) is 4.56. The molecular weight excluding hydrogens is 322 g/mol. The van der Waals surface area contributed by atoms with E-state index in [1.165, 1.54) is 10.8 Å². The maximum Gasteiger partial charge on any atom is 0.138 e. The van der Waals surface area contributed by atoms with Crippen molar-refractivity contribution in [3.8, 4) is 11.3 Å². The monoisotopic (exact) mass is 343 g/mol. The van der Waals surface area contributed by atoms with Crippen LogP contribution in [0.4, 0.5) is 0 Å². The Balaban J connectivity index is 1.55. The molecule has 0 unspecified atom stereocenters. The molecule has 0 bridgehead atoms. The summed E-state index contributed by atoms with van der Waals surface area (Å²) in [5.41, 5.74) is 2.69. The molecule has 4 aromatic rings. The Labute approximate surface area is 152 Å². The van der Waals surface area contributed by atoms with Crippen LogP contribution in [0.15, 0.2) is 73.2 Å². The van der Waals surface area contributed by atoms with Crippen LogP contribution in [0.1, 0.15) is 25.2 Å². The molecule has 4 heteroatoms. The van der Waals surface area contributed by atoms with Crippen LogP contribution in [-0.4, -0.2) is 15.0 Å². The summed E-state index contributed by atoms with van der Waals surface area (Å²) in [7, 11) is 0. The molecule has 1 N–H and O–H groups in total. The van der Waals surface area contributed by atoms with E-state index in [0.717, 1.165) is 22.6 Å². The highest BCUT2D eigenvalue weighted by atomic mass is 16.5. The fourth-order valence-electron chi connectivity index (χ4n) is 2.94. The molecule has 0 aliphatic heterocycles. The SMILES string of the molecule is CC(C)(OCc1ccncc1)c1ncc(-c2ccc3ccccc3c2)[nH]1. The smallest absolute Gasteiger partial charge is 0.138 e. The van der Waals surface area contributed by atoms with Gasteiger partial charge in [-0.05, 0) is 48.4 Å². The summed E-state index contributed by atoms with van der Waals surface area (Å²) in [4.78, 5) is 12.0. The van der Waals surface area contributed by atoms with Crippen molar-refractivity contribution in [3.05, 3.63) is 84.6 Å². The molecule has 0 fully saturated rings. The van der Waals surface area contributed by atoms with E-state index in [0.29, 0.717) is 6.61 Å². The number of pyridine rings is 1. The fraction of sp³-hybridized carbons (Fsp3) is 0.182. The molecule has 0 atom stereocenters. The lowest BCUT2D eigenvalue weighted by Gasteiger charge is -2.23. The van der Waals surface area contributed by atoms with Crippen molar-refractivity contribution in [1.29, 1.82) is 0 Å². The van der Waals surface area contributed by atoms with Crippen LogP contribution in [0.2, 0.25) is 0 Å². The average molecular weight is 343 g/mol. The summed E-state index contributed by atoms with van der Waals surface area (Å²) in [6.07, 6.45) is 5.42. The summed E-state index contributed by atoms with van der Waals surface area (Å²) in [5, 5.41) is 2.45. The molecule has 130 valence electrons. The zero-order chi connectivity index (χ0) is 18.0. The maximum absolute atomic E-state index is 6.10. The topological polar surface area (TPSA) is 50.8 Å². The minimum atomic E-state index is -0.516. The number of fused-ring (bicyclic) bond motifs is 1. The van der Waals surface area contributed by atoms with Crippen molar-refractivity contribution >= 4 is 10.8 Å². The molecular formula is C22H21N3O. The van der Waals surface area contributed by atoms with Gasteiger partial charge in [-0.1, -0.05) is 36.4 Å². The van der Waals surface area contributed by atoms with E-state index in [2.05, 4.69) is 57.4 Å². The van der Waals surface area contributed by atoms with Gasteiger partial charge in [0.25, 0.3) is 0 Å². The minimum absolute atomic E-state index is 0.515. The van der Waals surface area contributed by atoms with Gasteiger partial charge in [0.05, 0.1) is 18.5 Å². The van der Waals surface area contributed by atoms with E-state index in [1.54, 1.807) is 12.4 Å². The molecule has 0 aliphatic carbocycles. The molecule has 0 spiro atoms. The lowest BCUT2D eigenvalue weighted by molar-refractivity contribution is -0.0394. The lowest BCUT2D eigenvalue weighted by atomic mass is 10.1. The number of H-pyrrole nitrogens is 1. The molecule has 0 saturated carbocycles. The molecule has 0 saturated heterocycles. The van der Waals surface area contributed by atoms with Gasteiger partial charge in [-0.3, -0.25) is 4.98 Å². The highest BCUT2D eigenvalue weighted by molar-refractivity contribution is 5.86. The summed E-state index contributed by atoms with van der Waals surface area (Å²) in [5.74, 6) is 0.815. The van der Waals surface area contributed by atoms with E-state index in [4.69, 9.17) is 4.74 Å². The Hall–Kier alpha value is -2.98. The second-order valence-corrected chi connectivity index (χ2v) is 6.86.